The van der Waals surface area contributed by atoms with E-state index in [1.807, 2.05) is 24.3 Å². The van der Waals surface area contributed by atoms with Crippen LogP contribution in [-0.2, 0) is 0 Å². The minimum Gasteiger partial charge on any atom is -0.130 e. The molecule has 186 valence electrons. The molecule has 0 spiro atoms. The van der Waals surface area contributed by atoms with Crippen molar-refractivity contribution < 1.29 is 0 Å². The van der Waals surface area contributed by atoms with Crippen molar-refractivity contribution in [2.45, 2.75) is 5.38 Å². The molecule has 0 saturated carbocycles. The predicted octanol–water partition coefficient (Wildman–Crippen LogP) is 11.6. The quantitative estimate of drug-likeness (QED) is 0.141. The van der Waals surface area contributed by atoms with E-state index >= 15 is 0 Å². The van der Waals surface area contributed by atoms with Gasteiger partial charge in [-0.2, -0.15) is 0 Å². The van der Waals surface area contributed by atoms with Crippen LogP contribution in [0.4, 0.5) is 0 Å². The highest BCUT2D eigenvalue weighted by Gasteiger charge is 1.89. The SMILES string of the molecule is C=CC(=C)Cl.C=CC(Cl)CCl.C=CC=C.CCl.ClC/C=C/CCl.ClC/C=C\CCl.ClCl. The fraction of sp³-hybridized carbons (Fsp3) is 0.333. The Morgan fingerprint density at radius 2 is 0.935 bits per heavy atom. The summed E-state index contributed by atoms with van der Waals surface area (Å²) in [5, 5.41) is 0.427. The fourth-order valence-electron chi connectivity index (χ4n) is 0.315. The first-order valence-corrected chi connectivity index (χ1v) is 13.3. The number of hydrogen-bond donors (Lipinski definition) is 0. The van der Waals surface area contributed by atoms with Gasteiger partial charge in [0.15, 0.2) is 0 Å². The number of halogens is 10. The zero-order valence-electron chi connectivity index (χ0n) is 17.5. The molecule has 0 aliphatic rings. The summed E-state index contributed by atoms with van der Waals surface area (Å²) >= 11 is 41.4. The van der Waals surface area contributed by atoms with Crippen molar-refractivity contribution in [2.75, 3.05) is 35.8 Å². The van der Waals surface area contributed by atoms with Gasteiger partial charge in [-0.25, -0.2) is 0 Å². The lowest BCUT2D eigenvalue weighted by molar-refractivity contribution is 1.25. The first-order chi connectivity index (χ1) is 14.8. The summed E-state index contributed by atoms with van der Waals surface area (Å²) in [6, 6.07) is 0. The Bertz CT molecular complexity index is 348. The average Bonchev–Trinajstić information content (AvgIpc) is 2.84. The van der Waals surface area contributed by atoms with Crippen LogP contribution >= 0.6 is 115 Å². The minimum absolute atomic E-state index is 0.0633. The van der Waals surface area contributed by atoms with Crippen molar-refractivity contribution in [2.24, 2.45) is 0 Å². The van der Waals surface area contributed by atoms with Crippen LogP contribution in [0.25, 0.3) is 0 Å². The molecule has 0 aromatic carbocycles. The van der Waals surface area contributed by atoms with Gasteiger partial charge in [0.2, 0.25) is 0 Å². The van der Waals surface area contributed by atoms with Crippen LogP contribution in [0, 0.1) is 0 Å². The van der Waals surface area contributed by atoms with Crippen LogP contribution in [0.5, 0.6) is 0 Å². The second kappa shape index (κ2) is 69.7. The highest BCUT2D eigenvalue weighted by molar-refractivity contribution is 6.85. The summed E-state index contributed by atoms with van der Waals surface area (Å²) < 4.78 is 0. The van der Waals surface area contributed by atoms with E-state index in [0.717, 1.165) is 0 Å². The standard InChI is InChI=1S/3C4H6Cl2.C4H5Cl.C4H6.CH3Cl.Cl2/c1-2-4(6)3-5;2*5-3-1-2-4-6;1-3-4(2)5;1-3-4-2;2*1-2/h2,4H,1,3H2;2*1-2H,3-4H2;3H,1-2H2;3-4H,1-2H2;1H3;/b;2-1+;2-1-;;;;. The summed E-state index contributed by atoms with van der Waals surface area (Å²) in [6.07, 6.45) is 15.1. The van der Waals surface area contributed by atoms with E-state index in [1.54, 1.807) is 18.2 Å². The maximum atomic E-state index is 5.40. The third-order valence-electron chi connectivity index (χ3n) is 1.48. The molecule has 1 unspecified atom stereocenters. The molecule has 0 nitrogen and oxygen atoms in total. The first kappa shape index (κ1) is 49.3. The Labute approximate surface area is 240 Å². The van der Waals surface area contributed by atoms with E-state index in [1.165, 1.54) is 12.5 Å². The van der Waals surface area contributed by atoms with Crippen molar-refractivity contribution >= 4 is 115 Å². The molecule has 0 saturated heterocycles. The average molecular weight is 639 g/mol. The normalized spacial score (nSPS) is 8.74. The molecule has 1 atom stereocenters. The summed E-state index contributed by atoms with van der Waals surface area (Å²) in [4.78, 5) is 0. The minimum atomic E-state index is -0.0633. The molecule has 0 aliphatic heterocycles. The van der Waals surface area contributed by atoms with Crippen LogP contribution in [0.3, 0.4) is 0 Å². The molecule has 0 N–H and O–H groups in total. The molecule has 0 heterocycles. The van der Waals surface area contributed by atoms with E-state index in [2.05, 4.69) is 66.2 Å². The third-order valence-corrected chi connectivity index (χ3v) is 3.17. The summed E-state index contributed by atoms with van der Waals surface area (Å²) in [5.41, 5.74) is 0. The highest BCUT2D eigenvalue weighted by Crippen LogP contribution is 1.96. The van der Waals surface area contributed by atoms with Gasteiger partial charge in [-0.05, 0) is 0 Å². The topological polar surface area (TPSA) is 0 Å². The summed E-state index contributed by atoms with van der Waals surface area (Å²) in [6.45, 7) is 16.8. The van der Waals surface area contributed by atoms with Crippen molar-refractivity contribution in [1.82, 2.24) is 0 Å². The third kappa shape index (κ3) is 133. The van der Waals surface area contributed by atoms with Gasteiger partial charge in [0.25, 0.3) is 0 Å². The lowest BCUT2D eigenvalue weighted by Gasteiger charge is -1.89. The molecule has 0 fully saturated rings. The second-order valence-electron chi connectivity index (χ2n) is 3.59. The van der Waals surface area contributed by atoms with Gasteiger partial charge in [0.05, 0.1) is 5.38 Å². The zero-order chi connectivity index (χ0) is 26.3. The molecule has 31 heavy (non-hydrogen) atoms. The Balaban J connectivity index is -0.0000000448. The van der Waals surface area contributed by atoms with Crippen LogP contribution < -0.4 is 0 Å². The fourth-order valence-corrected chi connectivity index (χ4v) is 0.945. The van der Waals surface area contributed by atoms with Crippen molar-refractivity contribution in [3.8, 4) is 0 Å². The Kier molecular flexibility index (Phi) is 111. The van der Waals surface area contributed by atoms with E-state index in [4.69, 9.17) is 81.2 Å². The Morgan fingerprint density at radius 1 is 0.710 bits per heavy atom. The van der Waals surface area contributed by atoms with Gasteiger partial charge in [-0.3, -0.25) is 0 Å². The van der Waals surface area contributed by atoms with Crippen LogP contribution in [0.15, 0.2) is 86.5 Å². The van der Waals surface area contributed by atoms with E-state index in [-0.39, 0.29) is 5.38 Å². The number of rotatable bonds is 8. The van der Waals surface area contributed by atoms with Crippen LogP contribution in [0.1, 0.15) is 0 Å². The Morgan fingerprint density at radius 3 is 0.968 bits per heavy atom. The second-order valence-corrected chi connectivity index (χ2v) is 6.18. The highest BCUT2D eigenvalue weighted by atomic mass is 36.5. The van der Waals surface area contributed by atoms with E-state index < -0.39 is 0 Å². The van der Waals surface area contributed by atoms with E-state index in [0.29, 0.717) is 34.4 Å². The molecular weight excluding hydrogens is 607 g/mol. The van der Waals surface area contributed by atoms with Crippen molar-refractivity contribution in [3.05, 3.63) is 86.5 Å². The Hall–Kier alpha value is 1.08. The maximum absolute atomic E-state index is 5.40. The lowest BCUT2D eigenvalue weighted by atomic mass is 10.5. The zero-order valence-corrected chi connectivity index (χ0v) is 25.1. The van der Waals surface area contributed by atoms with Gasteiger partial charge in [0, 0.05) is 62.5 Å². The van der Waals surface area contributed by atoms with E-state index in [9.17, 15) is 0 Å². The molecule has 0 aromatic rings. The summed E-state index contributed by atoms with van der Waals surface area (Å²) in [7, 11) is 8.22. The van der Waals surface area contributed by atoms with Gasteiger partial charge in [-0.1, -0.05) is 86.5 Å². The van der Waals surface area contributed by atoms with Crippen molar-refractivity contribution in [1.29, 1.82) is 0 Å². The van der Waals surface area contributed by atoms with Gasteiger partial charge < -0.3 is 0 Å². The maximum Gasteiger partial charge on any atom is 0.0648 e. The van der Waals surface area contributed by atoms with Crippen LogP contribution in [0.2, 0.25) is 0 Å². The first-order valence-electron chi connectivity index (χ1n) is 7.91. The summed E-state index contributed by atoms with van der Waals surface area (Å²) in [5.74, 6) is 2.70. The van der Waals surface area contributed by atoms with Gasteiger partial charge >= 0.3 is 0 Å². The molecule has 0 aliphatic carbocycles. The van der Waals surface area contributed by atoms with Gasteiger partial charge in [0.1, 0.15) is 0 Å². The number of hydrogen-bond acceptors (Lipinski definition) is 0. The van der Waals surface area contributed by atoms with Gasteiger partial charge in [-0.15, -0.1) is 87.8 Å². The number of allylic oxidation sites excluding steroid dienone is 9. The molecule has 0 amide bonds. The smallest absolute Gasteiger partial charge is 0.0648 e. The van der Waals surface area contributed by atoms with Crippen LogP contribution in [-0.4, -0.2) is 41.2 Å². The predicted molar refractivity (Wildman–Crippen MR) is 161 cm³/mol. The molecule has 10 heteroatoms. The van der Waals surface area contributed by atoms with Crippen molar-refractivity contribution in [3.63, 3.8) is 0 Å². The largest absolute Gasteiger partial charge is 0.130 e. The molecule has 0 radical (unpaired) electrons. The monoisotopic (exact) mass is 634 g/mol. The number of alkyl halides is 7. The molecular formula is C21H32Cl10. The molecule has 0 rings (SSSR count). The molecule has 0 aromatic heterocycles. The lowest BCUT2D eigenvalue weighted by Crippen LogP contribution is -1.90. The molecule has 0 bridgehead atoms.